The Bertz CT molecular complexity index is 459. The molecule has 0 saturated carbocycles. The van der Waals surface area contributed by atoms with Gasteiger partial charge in [0.05, 0.1) is 18.0 Å². The largest absolute Gasteiger partial charge is 0.467 e. The molecule has 92 valence electrons. The molecule has 1 N–H and O–H groups in total. The highest BCUT2D eigenvalue weighted by Crippen LogP contribution is 2.25. The van der Waals surface area contributed by atoms with Crippen molar-refractivity contribution in [2.75, 3.05) is 6.54 Å². The molecule has 2 rings (SSSR count). The van der Waals surface area contributed by atoms with Crippen molar-refractivity contribution in [2.24, 2.45) is 7.05 Å². The average molecular weight is 233 g/mol. The molecule has 0 aliphatic heterocycles. The van der Waals surface area contributed by atoms with E-state index in [9.17, 15) is 0 Å². The van der Waals surface area contributed by atoms with E-state index in [1.54, 1.807) is 6.26 Å². The van der Waals surface area contributed by atoms with E-state index < -0.39 is 0 Å². The number of rotatable bonds is 5. The highest BCUT2D eigenvalue weighted by atomic mass is 16.3. The predicted octanol–water partition coefficient (Wildman–Crippen LogP) is 2.27. The van der Waals surface area contributed by atoms with Crippen molar-refractivity contribution in [3.63, 3.8) is 0 Å². The molecule has 2 aromatic rings. The van der Waals surface area contributed by atoms with Crippen molar-refractivity contribution in [3.8, 4) is 0 Å². The van der Waals surface area contributed by atoms with E-state index in [4.69, 9.17) is 4.42 Å². The second kappa shape index (κ2) is 5.19. The number of hydrogen-bond donors (Lipinski definition) is 1. The van der Waals surface area contributed by atoms with Crippen LogP contribution in [-0.2, 0) is 13.5 Å². The first kappa shape index (κ1) is 11.9. The van der Waals surface area contributed by atoms with Crippen LogP contribution in [0, 0.1) is 0 Å². The van der Waals surface area contributed by atoms with Crippen LogP contribution >= 0.6 is 0 Å². The Kier molecular flexibility index (Phi) is 3.64. The lowest BCUT2D eigenvalue weighted by atomic mass is 10.0. The Labute approximate surface area is 102 Å². The van der Waals surface area contributed by atoms with Gasteiger partial charge in [0.15, 0.2) is 0 Å². The first-order valence-electron chi connectivity index (χ1n) is 6.05. The first-order valence-corrected chi connectivity index (χ1v) is 6.05. The van der Waals surface area contributed by atoms with Crippen molar-refractivity contribution >= 4 is 0 Å². The minimum atomic E-state index is 0.0960. The van der Waals surface area contributed by atoms with E-state index in [1.165, 1.54) is 5.56 Å². The number of aromatic nitrogens is 2. The minimum Gasteiger partial charge on any atom is -0.467 e. The third-order valence-corrected chi connectivity index (χ3v) is 2.82. The Balaban J connectivity index is 2.38. The van der Waals surface area contributed by atoms with E-state index in [0.29, 0.717) is 0 Å². The molecule has 0 aromatic carbocycles. The summed E-state index contributed by atoms with van der Waals surface area (Å²) in [5, 5.41) is 7.92. The monoisotopic (exact) mass is 233 g/mol. The molecule has 0 spiro atoms. The van der Waals surface area contributed by atoms with Gasteiger partial charge in [0.25, 0.3) is 0 Å². The molecule has 2 heterocycles. The summed E-state index contributed by atoms with van der Waals surface area (Å²) < 4.78 is 7.37. The van der Waals surface area contributed by atoms with Crippen LogP contribution in [0.3, 0.4) is 0 Å². The summed E-state index contributed by atoms with van der Waals surface area (Å²) in [4.78, 5) is 0. The fourth-order valence-electron chi connectivity index (χ4n) is 2.09. The van der Waals surface area contributed by atoms with Crippen LogP contribution in [0.25, 0.3) is 0 Å². The zero-order chi connectivity index (χ0) is 12.3. The smallest absolute Gasteiger partial charge is 0.125 e. The van der Waals surface area contributed by atoms with E-state index in [0.717, 1.165) is 24.4 Å². The second-order valence-corrected chi connectivity index (χ2v) is 4.06. The van der Waals surface area contributed by atoms with Crippen LogP contribution in [0.2, 0.25) is 0 Å². The zero-order valence-electron chi connectivity index (χ0n) is 10.6. The summed E-state index contributed by atoms with van der Waals surface area (Å²) >= 11 is 0. The second-order valence-electron chi connectivity index (χ2n) is 4.06. The van der Waals surface area contributed by atoms with Crippen LogP contribution in [0.5, 0.6) is 0 Å². The van der Waals surface area contributed by atoms with Gasteiger partial charge >= 0.3 is 0 Å². The zero-order valence-corrected chi connectivity index (χ0v) is 10.6. The SMILES string of the molecule is CCNC(c1ccco1)c1cn(C)nc1CC. The minimum absolute atomic E-state index is 0.0960. The molecule has 1 atom stereocenters. The molecular formula is C13H19N3O. The quantitative estimate of drug-likeness (QED) is 0.861. The number of furan rings is 1. The Morgan fingerprint density at radius 1 is 1.47 bits per heavy atom. The van der Waals surface area contributed by atoms with Crippen LogP contribution in [0.4, 0.5) is 0 Å². The molecule has 17 heavy (non-hydrogen) atoms. The third kappa shape index (κ3) is 2.42. The Morgan fingerprint density at radius 2 is 2.29 bits per heavy atom. The lowest BCUT2D eigenvalue weighted by Gasteiger charge is -2.15. The fraction of sp³-hybridized carbons (Fsp3) is 0.462. The van der Waals surface area contributed by atoms with Crippen LogP contribution in [-0.4, -0.2) is 16.3 Å². The Morgan fingerprint density at radius 3 is 2.88 bits per heavy atom. The lowest BCUT2D eigenvalue weighted by Crippen LogP contribution is -2.22. The molecule has 4 heteroatoms. The molecule has 0 aliphatic carbocycles. The summed E-state index contributed by atoms with van der Waals surface area (Å²) in [6.07, 6.45) is 4.70. The van der Waals surface area contributed by atoms with Gasteiger partial charge < -0.3 is 9.73 Å². The standard InChI is InChI=1S/C13H19N3O/c1-4-11-10(9-16(3)15-11)13(14-5-2)12-7-6-8-17-12/h6-9,13-14H,4-5H2,1-3H3. The summed E-state index contributed by atoms with van der Waals surface area (Å²) in [6, 6.07) is 4.01. The van der Waals surface area contributed by atoms with Gasteiger partial charge in [-0.05, 0) is 25.1 Å². The molecule has 2 aromatic heterocycles. The van der Waals surface area contributed by atoms with Crippen LogP contribution in [0.15, 0.2) is 29.0 Å². The molecule has 0 radical (unpaired) electrons. The van der Waals surface area contributed by atoms with Gasteiger partial charge in [-0.15, -0.1) is 0 Å². The van der Waals surface area contributed by atoms with E-state index >= 15 is 0 Å². The van der Waals surface area contributed by atoms with E-state index in [2.05, 4.69) is 30.5 Å². The first-order chi connectivity index (χ1) is 8.26. The lowest BCUT2D eigenvalue weighted by molar-refractivity contribution is 0.451. The molecule has 4 nitrogen and oxygen atoms in total. The molecule has 0 fully saturated rings. The molecule has 0 aliphatic rings. The molecule has 0 amide bonds. The molecule has 0 bridgehead atoms. The maximum Gasteiger partial charge on any atom is 0.125 e. The van der Waals surface area contributed by atoms with Crippen molar-refractivity contribution in [2.45, 2.75) is 26.3 Å². The van der Waals surface area contributed by atoms with Crippen molar-refractivity contribution < 1.29 is 4.42 Å². The van der Waals surface area contributed by atoms with Gasteiger partial charge in [-0.1, -0.05) is 13.8 Å². The van der Waals surface area contributed by atoms with Gasteiger partial charge in [-0.25, -0.2) is 0 Å². The van der Waals surface area contributed by atoms with Crippen LogP contribution in [0.1, 0.15) is 36.9 Å². The van der Waals surface area contributed by atoms with Gasteiger partial charge in [-0.2, -0.15) is 5.10 Å². The van der Waals surface area contributed by atoms with Gasteiger partial charge in [-0.3, -0.25) is 4.68 Å². The van der Waals surface area contributed by atoms with Gasteiger partial charge in [0, 0.05) is 18.8 Å². The predicted molar refractivity (Wildman–Crippen MR) is 66.8 cm³/mol. The normalized spacial score (nSPS) is 12.9. The van der Waals surface area contributed by atoms with E-state index in [1.807, 2.05) is 23.9 Å². The summed E-state index contributed by atoms with van der Waals surface area (Å²) in [5.74, 6) is 0.939. The highest BCUT2D eigenvalue weighted by molar-refractivity contribution is 5.28. The molecule has 1 unspecified atom stereocenters. The van der Waals surface area contributed by atoms with Gasteiger partial charge in [0.2, 0.25) is 0 Å². The highest BCUT2D eigenvalue weighted by Gasteiger charge is 2.20. The average Bonchev–Trinajstić information content (AvgIpc) is 2.94. The maximum atomic E-state index is 5.51. The van der Waals surface area contributed by atoms with Crippen molar-refractivity contribution in [1.29, 1.82) is 0 Å². The van der Waals surface area contributed by atoms with Crippen molar-refractivity contribution in [1.82, 2.24) is 15.1 Å². The third-order valence-electron chi connectivity index (χ3n) is 2.82. The number of hydrogen-bond acceptors (Lipinski definition) is 3. The van der Waals surface area contributed by atoms with Gasteiger partial charge in [0.1, 0.15) is 5.76 Å². The number of nitrogens with one attached hydrogen (secondary N) is 1. The van der Waals surface area contributed by atoms with Crippen LogP contribution < -0.4 is 5.32 Å². The van der Waals surface area contributed by atoms with E-state index in [-0.39, 0.29) is 6.04 Å². The number of aryl methyl sites for hydroxylation is 2. The maximum absolute atomic E-state index is 5.51. The summed E-state index contributed by atoms with van der Waals surface area (Å²) in [5.41, 5.74) is 2.32. The molecule has 0 saturated heterocycles. The topological polar surface area (TPSA) is 43.0 Å². The number of nitrogens with zero attached hydrogens (tertiary/aromatic N) is 2. The summed E-state index contributed by atoms with van der Waals surface area (Å²) in [6.45, 7) is 5.11. The fourth-order valence-corrected chi connectivity index (χ4v) is 2.09. The molecular weight excluding hydrogens is 214 g/mol. The van der Waals surface area contributed by atoms with Crippen molar-refractivity contribution in [3.05, 3.63) is 41.6 Å². The Hall–Kier alpha value is -1.55. The summed E-state index contributed by atoms with van der Waals surface area (Å²) in [7, 11) is 1.95.